The number of thioether (sulfide) groups is 1. The summed E-state index contributed by atoms with van der Waals surface area (Å²) in [5, 5.41) is 17.5. The van der Waals surface area contributed by atoms with E-state index in [1.54, 1.807) is 0 Å². The number of carbonyl (C=O) groups is 1. The Bertz CT molecular complexity index is 538. The normalized spacial score (nSPS) is 16.0. The summed E-state index contributed by atoms with van der Waals surface area (Å²) < 4.78 is 23.1. The molecule has 0 aromatic carbocycles. The average Bonchev–Trinajstić information content (AvgIpc) is 2.87. The van der Waals surface area contributed by atoms with Gasteiger partial charge in [0.05, 0.1) is 6.10 Å². The van der Waals surface area contributed by atoms with E-state index in [2.05, 4.69) is 13.8 Å². The Balaban J connectivity index is 4.83. The van der Waals surface area contributed by atoms with Gasteiger partial charge in [-0.05, 0) is 31.9 Å². The summed E-state index contributed by atoms with van der Waals surface area (Å²) in [6.45, 7) is 8.48. The molecule has 0 aliphatic heterocycles. The summed E-state index contributed by atoms with van der Waals surface area (Å²) >= 11 is 1.88. The molecule has 0 fully saturated rings. The summed E-state index contributed by atoms with van der Waals surface area (Å²) in [6, 6.07) is 0. The maximum Gasteiger partial charge on any atom is 0.353 e. The van der Waals surface area contributed by atoms with E-state index >= 15 is 0 Å². The first-order chi connectivity index (χ1) is 17.4. The van der Waals surface area contributed by atoms with E-state index in [4.69, 9.17) is 9.47 Å². The second-order valence-electron chi connectivity index (χ2n) is 9.96. The minimum Gasteiger partial charge on any atom is -0.478 e. The van der Waals surface area contributed by atoms with Gasteiger partial charge in [-0.1, -0.05) is 111 Å². The van der Waals surface area contributed by atoms with Gasteiger partial charge in [-0.2, -0.15) is 11.8 Å². The van der Waals surface area contributed by atoms with E-state index in [0.717, 1.165) is 25.0 Å². The molecule has 0 saturated carbocycles. The third-order valence-electron chi connectivity index (χ3n) is 6.54. The Hall–Kier alpha value is -0.200. The summed E-state index contributed by atoms with van der Waals surface area (Å²) in [5.74, 6) is -0.574. The van der Waals surface area contributed by atoms with Gasteiger partial charge in [-0.15, -0.1) is 0 Å². The number of hydrogen-bond donors (Lipinski definition) is 2. The van der Waals surface area contributed by atoms with Crippen LogP contribution in [0.15, 0.2) is 0 Å². The van der Waals surface area contributed by atoms with Crippen molar-refractivity contribution in [1.29, 1.82) is 0 Å². The number of aliphatic carboxylic acids is 1. The Morgan fingerprint density at radius 2 is 1.33 bits per heavy atom. The van der Waals surface area contributed by atoms with Crippen molar-refractivity contribution < 1.29 is 29.0 Å². The Morgan fingerprint density at radius 3 is 1.81 bits per heavy atom. The zero-order valence-corrected chi connectivity index (χ0v) is 25.3. The van der Waals surface area contributed by atoms with Crippen LogP contribution in [0.2, 0.25) is 0 Å². The quantitative estimate of drug-likeness (QED) is 0.0601. The van der Waals surface area contributed by atoms with Crippen LogP contribution in [0.5, 0.6) is 0 Å². The third-order valence-corrected chi connectivity index (χ3v) is 8.79. The van der Waals surface area contributed by atoms with Crippen molar-refractivity contribution in [2.45, 2.75) is 160 Å². The molecule has 0 radical (unpaired) electrons. The lowest BCUT2D eigenvalue weighted by atomic mass is 10.1. The molecule has 0 aliphatic carbocycles. The second kappa shape index (κ2) is 23.9. The van der Waals surface area contributed by atoms with Gasteiger partial charge in [0, 0.05) is 11.9 Å². The van der Waals surface area contributed by atoms with Crippen molar-refractivity contribution in [1.82, 2.24) is 0 Å². The largest absolute Gasteiger partial charge is 0.478 e. The van der Waals surface area contributed by atoms with Crippen molar-refractivity contribution in [3.63, 3.8) is 0 Å². The van der Waals surface area contributed by atoms with Crippen LogP contribution in [0.3, 0.4) is 0 Å². The van der Waals surface area contributed by atoms with E-state index < -0.39 is 26.1 Å². The predicted molar refractivity (Wildman–Crippen MR) is 152 cm³/mol. The second-order valence-corrected chi connectivity index (χ2v) is 12.2. The van der Waals surface area contributed by atoms with Crippen molar-refractivity contribution in [3.8, 4) is 0 Å². The number of aliphatic hydroxyl groups is 1. The highest BCUT2D eigenvalue weighted by molar-refractivity contribution is 7.99. The SMILES string of the molecule is CCCCCCCCCCCSC(CCCCCCCC)C(C)OC(OCCC)C(O)(P=O)C(=O)O. The van der Waals surface area contributed by atoms with Gasteiger partial charge >= 0.3 is 5.97 Å². The number of ether oxygens (including phenoxy) is 2. The molecule has 0 amide bonds. The number of rotatable bonds is 27. The number of hydrogen-bond acceptors (Lipinski definition) is 6. The van der Waals surface area contributed by atoms with Crippen molar-refractivity contribution in [2.75, 3.05) is 12.4 Å². The van der Waals surface area contributed by atoms with Crippen LogP contribution >= 0.6 is 20.2 Å². The van der Waals surface area contributed by atoms with E-state index in [1.165, 1.54) is 83.5 Å². The fraction of sp³-hybridized carbons (Fsp3) is 0.964. The lowest BCUT2D eigenvalue weighted by Crippen LogP contribution is -2.50. The fourth-order valence-electron chi connectivity index (χ4n) is 4.17. The van der Waals surface area contributed by atoms with Gasteiger partial charge in [-0.25, -0.2) is 4.79 Å². The molecule has 0 saturated heterocycles. The number of carboxylic acids is 1. The zero-order valence-electron chi connectivity index (χ0n) is 23.5. The predicted octanol–water partition coefficient (Wildman–Crippen LogP) is 8.59. The Labute approximate surface area is 227 Å². The first-order valence-corrected chi connectivity index (χ1v) is 16.4. The van der Waals surface area contributed by atoms with E-state index in [0.29, 0.717) is 6.42 Å². The van der Waals surface area contributed by atoms with Crippen LogP contribution in [0.1, 0.15) is 137 Å². The molecule has 8 heteroatoms. The summed E-state index contributed by atoms with van der Waals surface area (Å²) in [4.78, 5) is 11.7. The number of carboxylic acid groups (broad SMARTS) is 1. The fourth-order valence-corrected chi connectivity index (χ4v) is 5.81. The minimum absolute atomic E-state index is 0.166. The van der Waals surface area contributed by atoms with Crippen LogP contribution in [0, 0.1) is 0 Å². The summed E-state index contributed by atoms with van der Waals surface area (Å²) in [7, 11) is -0.939. The first kappa shape index (κ1) is 35.8. The molecule has 0 bridgehead atoms. The Kier molecular flexibility index (Phi) is 23.8. The van der Waals surface area contributed by atoms with Gasteiger partial charge in [-0.3, -0.25) is 4.57 Å². The minimum atomic E-state index is -2.62. The van der Waals surface area contributed by atoms with E-state index in [9.17, 15) is 19.6 Å². The Morgan fingerprint density at radius 1 is 0.833 bits per heavy atom. The molecule has 0 aromatic rings. The van der Waals surface area contributed by atoms with Gasteiger partial charge < -0.3 is 19.7 Å². The lowest BCUT2D eigenvalue weighted by molar-refractivity contribution is -0.230. The van der Waals surface area contributed by atoms with Crippen molar-refractivity contribution in [3.05, 3.63) is 0 Å². The van der Waals surface area contributed by atoms with Gasteiger partial charge in [0.15, 0.2) is 0 Å². The molecule has 36 heavy (non-hydrogen) atoms. The van der Waals surface area contributed by atoms with Gasteiger partial charge in [0.2, 0.25) is 14.8 Å². The molecule has 0 rings (SSSR count). The maximum atomic E-state index is 11.7. The molecule has 4 unspecified atom stereocenters. The standard InChI is InChI=1S/C28H55O6PS/c1-5-8-10-12-14-15-16-18-20-23-36-25(21-19-17-13-11-9-6-2)24(4)34-27(33-22-7-3)28(31,35-32)26(29)30/h24-25,27,31H,5-23H2,1-4H3,(H,29,30). The molecule has 6 nitrogen and oxygen atoms in total. The highest BCUT2D eigenvalue weighted by Crippen LogP contribution is 2.32. The molecule has 214 valence electrons. The molecule has 2 N–H and O–H groups in total. The maximum absolute atomic E-state index is 11.7. The molecule has 0 heterocycles. The zero-order chi connectivity index (χ0) is 27.1. The first-order valence-electron chi connectivity index (χ1n) is 14.6. The van der Waals surface area contributed by atoms with Crippen molar-refractivity contribution >= 4 is 26.2 Å². The third kappa shape index (κ3) is 16.6. The monoisotopic (exact) mass is 550 g/mol. The smallest absolute Gasteiger partial charge is 0.353 e. The average molecular weight is 551 g/mol. The molecule has 4 atom stereocenters. The summed E-state index contributed by atoms with van der Waals surface area (Å²) in [5.41, 5.74) is 0. The molecule has 0 aliphatic rings. The van der Waals surface area contributed by atoms with Crippen molar-refractivity contribution in [2.24, 2.45) is 0 Å². The van der Waals surface area contributed by atoms with Crippen LogP contribution in [-0.2, 0) is 18.8 Å². The number of unbranched alkanes of at least 4 members (excludes halogenated alkanes) is 13. The van der Waals surface area contributed by atoms with Crippen LogP contribution in [-0.4, -0.2) is 51.5 Å². The topological polar surface area (TPSA) is 93.1 Å². The highest BCUT2D eigenvalue weighted by atomic mass is 32.2. The van der Waals surface area contributed by atoms with Crippen LogP contribution in [0.4, 0.5) is 0 Å². The lowest BCUT2D eigenvalue weighted by Gasteiger charge is -2.32. The van der Waals surface area contributed by atoms with Crippen LogP contribution in [0.25, 0.3) is 0 Å². The molecular formula is C28H55O6PS. The van der Waals surface area contributed by atoms with Crippen LogP contribution < -0.4 is 0 Å². The van der Waals surface area contributed by atoms with E-state index in [-0.39, 0.29) is 18.0 Å². The molecular weight excluding hydrogens is 495 g/mol. The van der Waals surface area contributed by atoms with Gasteiger partial charge in [0.25, 0.3) is 5.34 Å². The highest BCUT2D eigenvalue weighted by Gasteiger charge is 2.49. The van der Waals surface area contributed by atoms with E-state index in [1.807, 2.05) is 25.6 Å². The summed E-state index contributed by atoms with van der Waals surface area (Å²) in [6.07, 6.45) is 18.7. The molecule has 0 aromatic heterocycles. The van der Waals surface area contributed by atoms with Gasteiger partial charge in [0.1, 0.15) is 0 Å². The molecule has 0 spiro atoms.